The van der Waals surface area contributed by atoms with Crippen LogP contribution in [0.5, 0.6) is 5.75 Å². The van der Waals surface area contributed by atoms with Gasteiger partial charge < -0.3 is 5.11 Å². The van der Waals surface area contributed by atoms with Gasteiger partial charge in [0.15, 0.2) is 5.78 Å². The van der Waals surface area contributed by atoms with E-state index < -0.39 is 10.7 Å². The van der Waals surface area contributed by atoms with E-state index in [1.807, 2.05) is 0 Å². The van der Waals surface area contributed by atoms with Gasteiger partial charge in [-0.15, -0.1) is 0 Å². The Bertz CT molecular complexity index is 398. The van der Waals surface area contributed by atoms with Crippen LogP contribution in [0.4, 0.5) is 0 Å². The lowest BCUT2D eigenvalue weighted by molar-refractivity contribution is -0.402. The van der Waals surface area contributed by atoms with Crippen LogP contribution in [0.2, 0.25) is 0 Å². The van der Waals surface area contributed by atoms with E-state index in [0.717, 1.165) is 6.08 Å². The number of aromatic hydroxyl groups is 1. The number of nitrogens with zero attached hydrogens (tertiary/aromatic N) is 1. The molecule has 0 aliphatic heterocycles. The molecule has 0 aromatic heterocycles. The SMILES string of the molecule is O=C(C=C[N+](=O)[O-])c1ccccc1O. The molecule has 1 N–H and O–H groups in total. The molecule has 0 fully saturated rings. The third-order valence-electron chi connectivity index (χ3n) is 1.52. The van der Waals surface area contributed by atoms with Gasteiger partial charge >= 0.3 is 0 Å². The van der Waals surface area contributed by atoms with Crippen LogP contribution in [0.25, 0.3) is 0 Å². The summed E-state index contributed by atoms with van der Waals surface area (Å²) in [6.45, 7) is 0. The van der Waals surface area contributed by atoms with Gasteiger partial charge in [-0.05, 0) is 12.1 Å². The average molecular weight is 193 g/mol. The van der Waals surface area contributed by atoms with Gasteiger partial charge in [0.2, 0.25) is 6.20 Å². The van der Waals surface area contributed by atoms with Gasteiger partial charge in [0, 0.05) is 0 Å². The van der Waals surface area contributed by atoms with Gasteiger partial charge in [-0.1, -0.05) is 12.1 Å². The van der Waals surface area contributed by atoms with Gasteiger partial charge in [0.05, 0.1) is 16.6 Å². The maximum absolute atomic E-state index is 11.2. The topological polar surface area (TPSA) is 80.4 Å². The van der Waals surface area contributed by atoms with Crippen LogP contribution in [-0.4, -0.2) is 15.8 Å². The summed E-state index contributed by atoms with van der Waals surface area (Å²) in [5, 5.41) is 19.1. The van der Waals surface area contributed by atoms with Gasteiger partial charge in [-0.2, -0.15) is 0 Å². The number of carbonyl (C=O) groups excluding carboxylic acids is 1. The standard InChI is InChI=1S/C9H7NO4/c11-8-4-2-1-3-7(8)9(12)5-6-10(13)14/h1-6,11H. The van der Waals surface area contributed by atoms with Crippen molar-refractivity contribution in [2.75, 3.05) is 0 Å². The molecule has 0 amide bonds. The summed E-state index contributed by atoms with van der Waals surface area (Å²) in [5.74, 6) is -0.787. The normalized spacial score (nSPS) is 10.3. The van der Waals surface area contributed by atoms with Crippen molar-refractivity contribution >= 4 is 5.78 Å². The molecular weight excluding hydrogens is 186 g/mol. The molecule has 72 valence electrons. The molecule has 0 spiro atoms. The quantitative estimate of drug-likeness (QED) is 0.340. The third-order valence-corrected chi connectivity index (χ3v) is 1.52. The highest BCUT2D eigenvalue weighted by Gasteiger charge is 2.07. The number of hydrogen-bond donors (Lipinski definition) is 1. The molecule has 0 saturated carbocycles. The van der Waals surface area contributed by atoms with Crippen LogP contribution in [-0.2, 0) is 0 Å². The first-order valence-electron chi connectivity index (χ1n) is 3.75. The fraction of sp³-hybridized carbons (Fsp3) is 0. The largest absolute Gasteiger partial charge is 0.507 e. The van der Waals surface area contributed by atoms with Crippen molar-refractivity contribution in [3.05, 3.63) is 52.2 Å². The molecule has 14 heavy (non-hydrogen) atoms. The Morgan fingerprint density at radius 3 is 2.64 bits per heavy atom. The van der Waals surface area contributed by atoms with Crippen LogP contribution < -0.4 is 0 Å². The molecule has 0 unspecified atom stereocenters. The molecule has 5 nitrogen and oxygen atoms in total. The number of phenolic OH excluding ortho intramolecular Hbond substituents is 1. The minimum atomic E-state index is -0.738. The number of benzene rings is 1. The number of ketones is 1. The number of allylic oxidation sites excluding steroid dienone is 1. The molecule has 0 atom stereocenters. The second kappa shape index (κ2) is 4.18. The fourth-order valence-electron chi connectivity index (χ4n) is 0.900. The molecule has 1 rings (SSSR count). The summed E-state index contributed by atoms with van der Waals surface area (Å²) < 4.78 is 0. The summed E-state index contributed by atoms with van der Waals surface area (Å²) >= 11 is 0. The predicted octanol–water partition coefficient (Wildman–Crippen LogP) is 1.37. The highest BCUT2D eigenvalue weighted by atomic mass is 16.6. The van der Waals surface area contributed by atoms with E-state index in [9.17, 15) is 20.0 Å². The van der Waals surface area contributed by atoms with Crippen LogP contribution in [0.1, 0.15) is 10.4 Å². The number of rotatable bonds is 3. The van der Waals surface area contributed by atoms with Crippen LogP contribution in [0, 0.1) is 10.1 Å². The second-order valence-corrected chi connectivity index (χ2v) is 2.48. The smallest absolute Gasteiger partial charge is 0.238 e. The van der Waals surface area contributed by atoms with Crippen LogP contribution >= 0.6 is 0 Å². The second-order valence-electron chi connectivity index (χ2n) is 2.48. The zero-order valence-corrected chi connectivity index (χ0v) is 7.08. The van der Waals surface area contributed by atoms with Crippen molar-refractivity contribution in [3.8, 4) is 5.75 Å². The van der Waals surface area contributed by atoms with E-state index in [-0.39, 0.29) is 11.3 Å². The van der Waals surface area contributed by atoms with Crippen molar-refractivity contribution in [3.63, 3.8) is 0 Å². The van der Waals surface area contributed by atoms with Gasteiger partial charge in [-0.25, -0.2) is 0 Å². The molecule has 0 aliphatic rings. The van der Waals surface area contributed by atoms with E-state index in [2.05, 4.69) is 0 Å². The van der Waals surface area contributed by atoms with Crippen molar-refractivity contribution < 1.29 is 14.8 Å². The Morgan fingerprint density at radius 2 is 2.07 bits per heavy atom. The lowest BCUT2D eigenvalue weighted by Gasteiger charge is -1.97. The summed E-state index contributed by atoms with van der Waals surface area (Å²) in [5.41, 5.74) is 0.0469. The first-order valence-corrected chi connectivity index (χ1v) is 3.75. The number of carbonyl (C=O) groups is 1. The maximum Gasteiger partial charge on any atom is 0.238 e. The maximum atomic E-state index is 11.2. The highest BCUT2D eigenvalue weighted by molar-refractivity contribution is 6.06. The molecule has 0 saturated heterocycles. The lowest BCUT2D eigenvalue weighted by Crippen LogP contribution is -1.96. The minimum absolute atomic E-state index is 0.0469. The molecule has 1 aromatic rings. The number of nitro groups is 1. The predicted molar refractivity (Wildman–Crippen MR) is 48.6 cm³/mol. The van der Waals surface area contributed by atoms with Gasteiger partial charge in [0.25, 0.3) is 0 Å². The first-order chi connectivity index (χ1) is 6.61. The Kier molecular flexibility index (Phi) is 2.96. The molecule has 0 aliphatic carbocycles. The Labute approximate surface area is 79.4 Å². The van der Waals surface area contributed by atoms with E-state index in [1.165, 1.54) is 12.1 Å². The first kappa shape index (κ1) is 9.91. The molecule has 1 aromatic carbocycles. The van der Waals surface area contributed by atoms with Gasteiger partial charge in [0.1, 0.15) is 5.75 Å². The average Bonchev–Trinajstić information content (AvgIpc) is 2.15. The van der Waals surface area contributed by atoms with Crippen LogP contribution in [0.15, 0.2) is 36.5 Å². The molecule has 0 radical (unpaired) electrons. The number of hydrogen-bond acceptors (Lipinski definition) is 4. The van der Waals surface area contributed by atoms with E-state index in [0.29, 0.717) is 6.20 Å². The van der Waals surface area contributed by atoms with E-state index >= 15 is 0 Å². The highest BCUT2D eigenvalue weighted by Crippen LogP contribution is 2.16. The molecule has 0 bridgehead atoms. The van der Waals surface area contributed by atoms with Crippen molar-refractivity contribution in [2.24, 2.45) is 0 Å². The monoisotopic (exact) mass is 193 g/mol. The van der Waals surface area contributed by atoms with Gasteiger partial charge in [-0.3, -0.25) is 14.9 Å². The fourth-order valence-corrected chi connectivity index (χ4v) is 0.900. The Morgan fingerprint density at radius 1 is 1.43 bits per heavy atom. The van der Waals surface area contributed by atoms with Crippen molar-refractivity contribution in [2.45, 2.75) is 0 Å². The Hall–Kier alpha value is -2.17. The summed E-state index contributed by atoms with van der Waals surface area (Å²) in [4.78, 5) is 20.4. The third kappa shape index (κ3) is 2.41. The van der Waals surface area contributed by atoms with Crippen LogP contribution in [0.3, 0.4) is 0 Å². The summed E-state index contributed by atoms with van der Waals surface area (Å²) in [7, 11) is 0. The van der Waals surface area contributed by atoms with Crippen molar-refractivity contribution in [1.29, 1.82) is 0 Å². The zero-order chi connectivity index (χ0) is 10.6. The minimum Gasteiger partial charge on any atom is -0.507 e. The lowest BCUT2D eigenvalue weighted by atomic mass is 10.1. The summed E-state index contributed by atoms with van der Waals surface area (Å²) in [6.07, 6.45) is 1.34. The van der Waals surface area contributed by atoms with Crippen molar-refractivity contribution in [1.82, 2.24) is 0 Å². The number of phenols is 1. The Balaban J connectivity index is 2.91. The number of para-hydroxylation sites is 1. The molecule has 5 heteroatoms. The summed E-state index contributed by atoms with van der Waals surface area (Å²) in [6, 6.07) is 5.85. The van der Waals surface area contributed by atoms with E-state index in [4.69, 9.17) is 0 Å². The molecule has 0 heterocycles. The molecular formula is C9H7NO4. The van der Waals surface area contributed by atoms with E-state index in [1.54, 1.807) is 12.1 Å². The zero-order valence-electron chi connectivity index (χ0n) is 7.08.